The quantitative estimate of drug-likeness (QED) is 0.742. The van der Waals surface area contributed by atoms with Crippen LogP contribution in [-0.4, -0.2) is 54.8 Å². The minimum Gasteiger partial charge on any atom is -0.323 e. The molecule has 1 atom stereocenters. The van der Waals surface area contributed by atoms with E-state index in [0.29, 0.717) is 6.04 Å². The summed E-state index contributed by atoms with van der Waals surface area (Å²) in [5.74, 6) is 0. The first-order valence-corrected chi connectivity index (χ1v) is 10.8. The van der Waals surface area contributed by atoms with Crippen molar-refractivity contribution in [2.45, 2.75) is 30.2 Å². The van der Waals surface area contributed by atoms with Crippen LogP contribution in [0.2, 0.25) is 0 Å². The normalized spacial score (nSPS) is 17.1. The summed E-state index contributed by atoms with van der Waals surface area (Å²) in [5.41, 5.74) is 2.23. The van der Waals surface area contributed by atoms with Crippen molar-refractivity contribution >= 4 is 23.5 Å². The Bertz CT molecular complexity index is 737. The number of likely N-dealkylation sites (tertiary alicyclic amines) is 1. The number of hydrogen-bond donors (Lipinski definition) is 1. The fraction of sp³-hybridized carbons (Fsp3) is 0.409. The number of nitrogens with zero attached hydrogens (tertiary/aromatic N) is 2. The molecule has 1 fully saturated rings. The molecule has 0 saturated carbocycles. The van der Waals surface area contributed by atoms with Crippen LogP contribution in [-0.2, 0) is 6.42 Å². The molecule has 2 amide bonds. The van der Waals surface area contributed by atoms with Gasteiger partial charge in [-0.25, -0.2) is 4.79 Å². The number of carbonyl (C=O) groups is 1. The molecule has 2 aromatic carbocycles. The van der Waals surface area contributed by atoms with E-state index in [9.17, 15) is 4.79 Å². The number of amides is 2. The van der Waals surface area contributed by atoms with Crippen molar-refractivity contribution in [2.24, 2.45) is 0 Å². The molecule has 0 unspecified atom stereocenters. The summed E-state index contributed by atoms with van der Waals surface area (Å²) < 4.78 is 0. The van der Waals surface area contributed by atoms with Gasteiger partial charge in [-0.1, -0.05) is 36.4 Å². The Balaban J connectivity index is 1.52. The summed E-state index contributed by atoms with van der Waals surface area (Å²) in [7, 11) is 2.18. The van der Waals surface area contributed by atoms with Crippen molar-refractivity contribution in [3.8, 4) is 0 Å². The maximum atomic E-state index is 12.7. The predicted molar refractivity (Wildman–Crippen MR) is 115 cm³/mol. The van der Waals surface area contributed by atoms with Gasteiger partial charge in [0, 0.05) is 36.3 Å². The molecule has 0 radical (unpaired) electrons. The molecule has 0 aliphatic carbocycles. The first kappa shape index (κ1) is 19.8. The van der Waals surface area contributed by atoms with Crippen LogP contribution in [0.25, 0.3) is 0 Å². The lowest BCUT2D eigenvalue weighted by Crippen LogP contribution is -2.50. The first-order chi connectivity index (χ1) is 13.2. The fourth-order valence-corrected chi connectivity index (χ4v) is 3.99. The number of likely N-dealkylation sites (N-methyl/N-ethyl adjacent to an activating group) is 1. The Morgan fingerprint density at radius 3 is 2.81 bits per heavy atom. The monoisotopic (exact) mass is 383 g/mol. The Hall–Kier alpha value is -1.98. The van der Waals surface area contributed by atoms with Gasteiger partial charge in [0.1, 0.15) is 0 Å². The van der Waals surface area contributed by atoms with Crippen LogP contribution in [0.5, 0.6) is 0 Å². The molecule has 0 aromatic heterocycles. The van der Waals surface area contributed by atoms with Crippen LogP contribution in [0.3, 0.4) is 0 Å². The van der Waals surface area contributed by atoms with Gasteiger partial charge in [-0.15, -0.1) is 11.8 Å². The molecular formula is C22H29N3OS. The largest absolute Gasteiger partial charge is 0.323 e. The molecule has 2 aromatic rings. The van der Waals surface area contributed by atoms with Crippen molar-refractivity contribution in [3.63, 3.8) is 0 Å². The number of hydrogen-bond acceptors (Lipinski definition) is 3. The number of rotatable bonds is 6. The highest BCUT2D eigenvalue weighted by atomic mass is 32.2. The molecule has 4 nitrogen and oxygen atoms in total. The van der Waals surface area contributed by atoms with E-state index >= 15 is 0 Å². The van der Waals surface area contributed by atoms with Crippen LogP contribution in [0.4, 0.5) is 10.5 Å². The molecular weight excluding hydrogens is 354 g/mol. The lowest BCUT2D eigenvalue weighted by atomic mass is 10.0. The Kier molecular flexibility index (Phi) is 7.18. The summed E-state index contributed by atoms with van der Waals surface area (Å²) in [4.78, 5) is 18.2. The van der Waals surface area contributed by atoms with Crippen molar-refractivity contribution in [1.82, 2.24) is 9.80 Å². The molecule has 27 heavy (non-hydrogen) atoms. The number of anilines is 1. The van der Waals surface area contributed by atoms with E-state index in [0.717, 1.165) is 49.5 Å². The van der Waals surface area contributed by atoms with Crippen molar-refractivity contribution in [3.05, 3.63) is 60.2 Å². The molecule has 0 bridgehead atoms. The molecule has 1 N–H and O–H groups in total. The van der Waals surface area contributed by atoms with Crippen LogP contribution < -0.4 is 5.32 Å². The number of nitrogens with one attached hydrogen (secondary N) is 1. The van der Waals surface area contributed by atoms with E-state index in [1.807, 2.05) is 29.4 Å². The third-order valence-electron chi connectivity index (χ3n) is 5.22. The topological polar surface area (TPSA) is 35.6 Å². The van der Waals surface area contributed by atoms with E-state index < -0.39 is 0 Å². The third-order valence-corrected chi connectivity index (χ3v) is 5.95. The van der Waals surface area contributed by atoms with Crippen LogP contribution >= 0.6 is 11.8 Å². The van der Waals surface area contributed by atoms with E-state index in [-0.39, 0.29) is 6.03 Å². The molecule has 1 aliphatic heterocycles. The average Bonchev–Trinajstić information content (AvgIpc) is 2.73. The number of benzene rings is 2. The van der Waals surface area contributed by atoms with E-state index in [2.05, 4.69) is 53.7 Å². The van der Waals surface area contributed by atoms with Gasteiger partial charge in [-0.3, -0.25) is 0 Å². The minimum absolute atomic E-state index is 0.00872. The average molecular weight is 384 g/mol. The van der Waals surface area contributed by atoms with Crippen LogP contribution in [0.1, 0.15) is 18.4 Å². The highest BCUT2D eigenvalue weighted by molar-refractivity contribution is 7.98. The number of urea groups is 1. The van der Waals surface area contributed by atoms with Crippen molar-refractivity contribution in [1.29, 1.82) is 0 Å². The van der Waals surface area contributed by atoms with E-state index in [4.69, 9.17) is 0 Å². The van der Waals surface area contributed by atoms with Gasteiger partial charge in [0.15, 0.2) is 0 Å². The standard InChI is InChI=1S/C22H29N3OS/c1-24(15-13-18-8-4-3-5-9-18)20-11-7-14-25(17-20)22(26)23-19-10-6-12-21(16-19)27-2/h3-6,8-10,12,16,20H,7,11,13-15,17H2,1-2H3,(H,23,26)/t20-/m0/s1. The number of carbonyl (C=O) groups excluding carboxylic acids is 1. The molecule has 1 saturated heterocycles. The van der Waals surface area contributed by atoms with E-state index in [1.54, 1.807) is 11.8 Å². The molecule has 0 spiro atoms. The summed E-state index contributed by atoms with van der Waals surface area (Å²) in [5, 5.41) is 3.06. The third kappa shape index (κ3) is 5.75. The molecule has 1 heterocycles. The second-order valence-corrected chi connectivity index (χ2v) is 8.00. The molecule has 1 aliphatic rings. The Morgan fingerprint density at radius 2 is 2.04 bits per heavy atom. The van der Waals surface area contributed by atoms with Gasteiger partial charge >= 0.3 is 6.03 Å². The number of thioether (sulfide) groups is 1. The molecule has 5 heteroatoms. The Morgan fingerprint density at radius 1 is 1.22 bits per heavy atom. The lowest BCUT2D eigenvalue weighted by molar-refractivity contribution is 0.133. The zero-order chi connectivity index (χ0) is 19.1. The number of piperidine rings is 1. The summed E-state index contributed by atoms with van der Waals surface area (Å²) in [6.45, 7) is 2.64. The van der Waals surface area contributed by atoms with Crippen LogP contribution in [0, 0.1) is 0 Å². The highest BCUT2D eigenvalue weighted by Gasteiger charge is 2.26. The van der Waals surface area contributed by atoms with Crippen LogP contribution in [0.15, 0.2) is 59.5 Å². The zero-order valence-corrected chi connectivity index (χ0v) is 17.0. The highest BCUT2D eigenvalue weighted by Crippen LogP contribution is 2.21. The van der Waals surface area contributed by atoms with Gasteiger partial charge in [-0.05, 0) is 56.3 Å². The van der Waals surface area contributed by atoms with Crippen molar-refractivity contribution < 1.29 is 4.79 Å². The minimum atomic E-state index is 0.00872. The smallest absolute Gasteiger partial charge is 0.321 e. The second-order valence-electron chi connectivity index (χ2n) is 7.12. The fourth-order valence-electron chi connectivity index (χ4n) is 3.54. The summed E-state index contributed by atoms with van der Waals surface area (Å²) in [6.07, 6.45) is 5.29. The maximum Gasteiger partial charge on any atom is 0.321 e. The van der Waals surface area contributed by atoms with Gasteiger partial charge in [-0.2, -0.15) is 0 Å². The molecule has 3 rings (SSSR count). The first-order valence-electron chi connectivity index (χ1n) is 9.60. The predicted octanol–water partition coefficient (Wildman–Crippen LogP) is 4.58. The van der Waals surface area contributed by atoms with Gasteiger partial charge < -0.3 is 15.1 Å². The summed E-state index contributed by atoms with van der Waals surface area (Å²) in [6, 6.07) is 19.0. The van der Waals surface area contributed by atoms with Gasteiger partial charge in [0.25, 0.3) is 0 Å². The second kappa shape index (κ2) is 9.81. The Labute approximate surface area is 166 Å². The van der Waals surface area contributed by atoms with Gasteiger partial charge in [0.05, 0.1) is 0 Å². The SMILES string of the molecule is CSc1cccc(NC(=O)N2CCC[C@H](N(C)CCc3ccccc3)C2)c1. The summed E-state index contributed by atoms with van der Waals surface area (Å²) >= 11 is 1.68. The van der Waals surface area contributed by atoms with Crippen molar-refractivity contribution in [2.75, 3.05) is 38.3 Å². The maximum absolute atomic E-state index is 12.7. The van der Waals surface area contributed by atoms with E-state index in [1.165, 1.54) is 5.56 Å². The van der Waals surface area contributed by atoms with Gasteiger partial charge in [0.2, 0.25) is 0 Å². The lowest BCUT2D eigenvalue weighted by Gasteiger charge is -2.37. The molecule has 144 valence electrons. The zero-order valence-electron chi connectivity index (χ0n) is 16.2.